The molecule has 1 rings (SSSR count). The topological polar surface area (TPSA) is 92.7 Å². The molecule has 0 N–H and O–H groups in total. The van der Waals surface area contributed by atoms with Crippen LogP contribution in [0, 0.1) is 0 Å². The fourth-order valence-electron chi connectivity index (χ4n) is 1.52. The van der Waals surface area contributed by atoms with Gasteiger partial charge in [-0.05, 0) is 6.07 Å². The molecule has 0 spiro atoms. The van der Waals surface area contributed by atoms with Gasteiger partial charge in [-0.15, -0.1) is 13.2 Å². The zero-order valence-electron chi connectivity index (χ0n) is 14.3. The molecule has 0 heterocycles. The van der Waals surface area contributed by atoms with E-state index in [1.54, 1.807) is 21.1 Å². The quantitative estimate of drug-likeness (QED) is 0.242. The zero-order chi connectivity index (χ0) is 21.8. The van der Waals surface area contributed by atoms with Gasteiger partial charge in [-0.1, -0.05) is 0 Å². The van der Waals surface area contributed by atoms with Crippen LogP contribution < -0.4 is 9.22 Å². The van der Waals surface area contributed by atoms with Crippen molar-refractivity contribution in [2.45, 2.75) is 11.9 Å². The molecule has 27 heavy (non-hydrogen) atoms. The Kier molecular flexibility index (Phi) is 7.67. The number of carbonyl (C=O) groups excluding carboxylic acids is 1. The minimum atomic E-state index is -6.09. The second-order valence-electron chi connectivity index (χ2n) is 5.63. The van der Waals surface area contributed by atoms with Crippen LogP contribution in [0.5, 0.6) is 5.75 Å². The first-order valence-electron chi connectivity index (χ1n) is 6.62. The van der Waals surface area contributed by atoms with Gasteiger partial charge in [-0.2, -0.15) is 13.2 Å². The van der Waals surface area contributed by atoms with Gasteiger partial charge in [0.1, 0.15) is 0 Å². The Morgan fingerprint density at radius 1 is 1.07 bits per heavy atom. The first-order valence-corrected chi connectivity index (χ1v) is 8.02. The largest absolute Gasteiger partial charge is 0.741 e. The summed E-state index contributed by atoms with van der Waals surface area (Å²) in [4.78, 5) is 11.3. The average Bonchev–Trinajstić information content (AvgIpc) is 2.41. The van der Waals surface area contributed by atoms with Crippen molar-refractivity contribution in [2.75, 3.05) is 28.3 Å². The van der Waals surface area contributed by atoms with Gasteiger partial charge in [-0.25, -0.2) is 13.2 Å². The lowest BCUT2D eigenvalue weighted by atomic mass is 10.1. The van der Waals surface area contributed by atoms with Crippen molar-refractivity contribution in [3.8, 4) is 5.75 Å². The van der Waals surface area contributed by atoms with Crippen LogP contribution in [-0.4, -0.2) is 59.1 Å². The smallest absolute Gasteiger partial charge is 0.573 e. The predicted molar refractivity (Wildman–Crippen MR) is 79.8 cm³/mol. The van der Waals surface area contributed by atoms with Crippen LogP contribution in [0.4, 0.5) is 32.0 Å². The van der Waals surface area contributed by atoms with E-state index in [9.17, 15) is 31.1 Å². The number of esters is 1. The van der Waals surface area contributed by atoms with E-state index in [2.05, 4.69) is 9.47 Å². The van der Waals surface area contributed by atoms with E-state index in [-0.39, 0.29) is 10.0 Å². The highest BCUT2D eigenvalue weighted by atomic mass is 32.2. The molecule has 0 aliphatic rings. The van der Waals surface area contributed by atoms with Crippen molar-refractivity contribution in [3.63, 3.8) is 0 Å². The summed E-state index contributed by atoms with van der Waals surface area (Å²) in [6.45, 7) is 0. The number of nitrogens with zero attached hydrogens (tertiary/aromatic N) is 1. The Hall–Kier alpha value is -2.06. The fourth-order valence-corrected chi connectivity index (χ4v) is 1.52. The van der Waals surface area contributed by atoms with Crippen molar-refractivity contribution in [2.24, 2.45) is 0 Å². The van der Waals surface area contributed by atoms with E-state index in [0.717, 1.165) is 13.2 Å². The zero-order valence-corrected chi connectivity index (χ0v) is 15.1. The summed E-state index contributed by atoms with van der Waals surface area (Å²) in [5.41, 5.74) is -5.35. The van der Waals surface area contributed by atoms with Crippen molar-refractivity contribution in [1.29, 1.82) is 0 Å². The minimum absolute atomic E-state index is 0.000972. The summed E-state index contributed by atoms with van der Waals surface area (Å²) in [7, 11) is 0.135. The maximum absolute atomic E-state index is 12.4. The molecule has 156 valence electrons. The van der Waals surface area contributed by atoms with E-state index in [1.807, 2.05) is 0 Å². The highest BCUT2D eigenvalue weighted by molar-refractivity contribution is 7.86. The summed E-state index contributed by atoms with van der Waals surface area (Å²) >= 11 is 0. The summed E-state index contributed by atoms with van der Waals surface area (Å²) in [6.07, 6.45) is -4.82. The fraction of sp³-hybridized carbons (Fsp3) is 0.462. The molecule has 0 unspecified atom stereocenters. The Morgan fingerprint density at radius 3 is 1.81 bits per heavy atom. The number of hydrogen-bond donors (Lipinski definition) is 0. The predicted octanol–water partition coefficient (Wildman–Crippen LogP) is 2.62. The summed E-state index contributed by atoms with van der Waals surface area (Å²) < 4.78 is 105. The lowest BCUT2D eigenvalue weighted by Gasteiger charge is -2.26. The molecule has 1 aromatic carbocycles. The highest BCUT2D eigenvalue weighted by Gasteiger charge is 2.37. The third-order valence-electron chi connectivity index (χ3n) is 2.61. The summed E-state index contributed by atoms with van der Waals surface area (Å²) in [5.74, 6) is -1.14. The molecule has 7 nitrogen and oxygen atoms in total. The molecule has 0 bridgehead atoms. The number of hydrogen-bond acceptors (Lipinski definition) is 6. The summed E-state index contributed by atoms with van der Waals surface area (Å²) in [6, 6.07) is 3.83. The molecule has 0 saturated heterocycles. The van der Waals surface area contributed by atoms with Gasteiger partial charge < -0.3 is 14.0 Å². The highest BCUT2D eigenvalue weighted by Crippen LogP contribution is 2.35. The standard InChI is InChI=1S/C12H15F3NO3.CHF3O3S/c1-16(2,3)9-6-5-8(11(17)18-4)7-10(9)19-12(13,14)15;2-1(3,4)8(5,6)7/h5-7H,1-4H3;(H,5,6,7)/q+1;/p-1. The monoisotopic (exact) mass is 427 g/mol. The first kappa shape index (κ1) is 24.9. The van der Waals surface area contributed by atoms with Crippen molar-refractivity contribution in [3.05, 3.63) is 23.8 Å². The maximum Gasteiger partial charge on any atom is 0.573 e. The molecule has 14 heteroatoms. The number of rotatable bonds is 3. The van der Waals surface area contributed by atoms with E-state index in [1.165, 1.54) is 12.1 Å². The Labute approximate surface area is 150 Å². The Bertz CT molecular complexity index is 767. The molecule has 0 aliphatic heterocycles. The van der Waals surface area contributed by atoms with E-state index >= 15 is 0 Å². The van der Waals surface area contributed by atoms with Crippen molar-refractivity contribution < 1.29 is 53.6 Å². The van der Waals surface area contributed by atoms with Gasteiger partial charge in [0, 0.05) is 12.1 Å². The molecular formula is C13H15F6NO6S. The number of halogens is 6. The van der Waals surface area contributed by atoms with Crippen LogP contribution in [0.25, 0.3) is 0 Å². The van der Waals surface area contributed by atoms with Crippen molar-refractivity contribution in [1.82, 2.24) is 4.48 Å². The number of alkyl halides is 6. The molecular weight excluding hydrogens is 412 g/mol. The SMILES string of the molecule is COC(=O)c1ccc([N+](C)(C)C)c(OC(F)(F)F)c1.O=S(=O)([O-])C(F)(F)F. The van der Waals surface area contributed by atoms with Gasteiger partial charge >= 0.3 is 17.8 Å². The van der Waals surface area contributed by atoms with Crippen LogP contribution in [0.3, 0.4) is 0 Å². The molecule has 0 aliphatic carbocycles. The number of carbonyl (C=O) groups is 1. The third-order valence-corrected chi connectivity index (χ3v) is 3.18. The molecule has 0 radical (unpaired) electrons. The molecule has 0 saturated carbocycles. The molecule has 1 aromatic rings. The van der Waals surface area contributed by atoms with Crippen molar-refractivity contribution >= 4 is 21.8 Å². The molecule has 0 amide bonds. The van der Waals surface area contributed by atoms with E-state index in [0.29, 0.717) is 5.69 Å². The first-order chi connectivity index (χ1) is 11.8. The number of ether oxygens (including phenoxy) is 2. The van der Waals surface area contributed by atoms with Crippen LogP contribution in [0.1, 0.15) is 10.4 Å². The van der Waals surface area contributed by atoms with Gasteiger partial charge in [0.25, 0.3) is 0 Å². The maximum atomic E-state index is 12.4. The van der Waals surface area contributed by atoms with Crippen LogP contribution in [0.2, 0.25) is 0 Å². The molecule has 0 atom stereocenters. The second-order valence-corrected chi connectivity index (χ2v) is 7.01. The average molecular weight is 427 g/mol. The third kappa shape index (κ3) is 8.45. The number of benzene rings is 1. The van der Waals surface area contributed by atoms with Gasteiger partial charge in [0.2, 0.25) is 0 Å². The lowest BCUT2D eigenvalue weighted by Crippen LogP contribution is -2.36. The number of methoxy groups -OCH3 is 1. The van der Waals surface area contributed by atoms with Crippen LogP contribution >= 0.6 is 0 Å². The Balaban J connectivity index is 0.000000713. The van der Waals surface area contributed by atoms with Gasteiger partial charge in [0.05, 0.1) is 33.8 Å². The van der Waals surface area contributed by atoms with Crippen LogP contribution in [0.15, 0.2) is 18.2 Å². The normalized spacial score (nSPS) is 12.7. The lowest BCUT2D eigenvalue weighted by molar-refractivity contribution is -0.274. The number of quaternary nitrogens is 1. The van der Waals surface area contributed by atoms with Gasteiger partial charge in [0.15, 0.2) is 21.6 Å². The Morgan fingerprint density at radius 2 is 1.52 bits per heavy atom. The molecule has 0 fully saturated rings. The minimum Gasteiger partial charge on any atom is -0.741 e. The summed E-state index contributed by atoms with van der Waals surface area (Å²) in [5, 5.41) is 0. The second kappa shape index (κ2) is 8.31. The van der Waals surface area contributed by atoms with E-state index in [4.69, 9.17) is 13.0 Å². The van der Waals surface area contributed by atoms with E-state index < -0.39 is 33.7 Å². The molecule has 0 aromatic heterocycles. The van der Waals surface area contributed by atoms with Gasteiger partial charge in [-0.3, -0.25) is 4.48 Å². The van der Waals surface area contributed by atoms with Crippen LogP contribution in [-0.2, 0) is 14.9 Å².